The van der Waals surface area contributed by atoms with Crippen molar-refractivity contribution >= 4 is 0 Å². The maximum Gasteiger partial charge on any atom is 0.146 e. The minimum Gasteiger partial charge on any atom is -0.238 e. The first-order valence-corrected chi connectivity index (χ1v) is 9.28. The van der Waals surface area contributed by atoms with Gasteiger partial charge in [0.15, 0.2) is 0 Å². The third kappa shape index (κ3) is 2.32. The van der Waals surface area contributed by atoms with Gasteiger partial charge in [0.1, 0.15) is 11.5 Å². The molecule has 26 heavy (non-hydrogen) atoms. The molecule has 2 heteroatoms. The second kappa shape index (κ2) is 5.77. The first-order valence-electron chi connectivity index (χ1n) is 9.28. The lowest BCUT2D eigenvalue weighted by Gasteiger charge is -2.45. The van der Waals surface area contributed by atoms with E-state index >= 15 is 4.39 Å². The van der Waals surface area contributed by atoms with Crippen molar-refractivity contribution < 1.29 is 8.78 Å². The first kappa shape index (κ1) is 15.7. The highest BCUT2D eigenvalue weighted by molar-refractivity contribution is 5.63. The van der Waals surface area contributed by atoms with Gasteiger partial charge in [0, 0.05) is 0 Å². The third-order valence-corrected chi connectivity index (χ3v) is 6.18. The highest BCUT2D eigenvalue weighted by Crippen LogP contribution is 2.56. The Hall–Kier alpha value is -2.48. The van der Waals surface area contributed by atoms with Crippen molar-refractivity contribution in [2.24, 2.45) is 5.92 Å². The average Bonchev–Trinajstić information content (AvgIpc) is 2.68. The second-order valence-electron chi connectivity index (χ2n) is 7.59. The molecule has 6 rings (SSSR count). The molecular weight excluding hydrogens is 326 g/mol. The van der Waals surface area contributed by atoms with Crippen LogP contribution in [0.25, 0.3) is 11.1 Å². The summed E-state index contributed by atoms with van der Waals surface area (Å²) in [7, 11) is 0. The van der Waals surface area contributed by atoms with Crippen molar-refractivity contribution in [1.82, 2.24) is 0 Å². The predicted octanol–water partition coefficient (Wildman–Crippen LogP) is 6.68. The molecule has 4 aliphatic carbocycles. The number of halogens is 2. The van der Waals surface area contributed by atoms with Crippen LogP contribution in [0, 0.1) is 5.92 Å². The normalized spacial score (nSPS) is 29.5. The van der Waals surface area contributed by atoms with Gasteiger partial charge >= 0.3 is 0 Å². The minimum absolute atomic E-state index is 0.134. The van der Waals surface area contributed by atoms with Crippen LogP contribution in [0.1, 0.15) is 30.7 Å². The summed E-state index contributed by atoms with van der Waals surface area (Å²) in [5, 5.41) is 0. The van der Waals surface area contributed by atoms with Crippen molar-refractivity contribution in [3.8, 4) is 11.1 Å². The highest BCUT2D eigenvalue weighted by Gasteiger charge is 2.52. The lowest BCUT2D eigenvalue weighted by Crippen LogP contribution is -2.43. The van der Waals surface area contributed by atoms with Crippen LogP contribution >= 0.6 is 0 Å². The number of hydrogen-bond acceptors (Lipinski definition) is 0. The van der Waals surface area contributed by atoms with Crippen molar-refractivity contribution in [3.63, 3.8) is 0 Å². The van der Waals surface area contributed by atoms with Crippen molar-refractivity contribution in [1.29, 1.82) is 0 Å². The average molecular weight is 346 g/mol. The van der Waals surface area contributed by atoms with Gasteiger partial charge in [-0.25, -0.2) is 8.78 Å². The molecular formula is C24H20F2. The molecule has 3 atom stereocenters. The molecule has 0 nitrogen and oxygen atoms in total. The summed E-state index contributed by atoms with van der Waals surface area (Å²) in [6.45, 7) is 0. The van der Waals surface area contributed by atoms with E-state index < -0.39 is 11.6 Å². The molecule has 0 radical (unpaired) electrons. The summed E-state index contributed by atoms with van der Waals surface area (Å²) in [6.07, 6.45) is 7.11. The summed E-state index contributed by atoms with van der Waals surface area (Å²) in [5.41, 5.74) is 3.51. The predicted molar refractivity (Wildman–Crippen MR) is 101 cm³/mol. The Morgan fingerprint density at radius 1 is 0.923 bits per heavy atom. The molecule has 2 bridgehead atoms. The zero-order valence-electron chi connectivity index (χ0n) is 14.5. The molecule has 130 valence electrons. The van der Waals surface area contributed by atoms with Gasteiger partial charge in [-0.05, 0) is 59.1 Å². The van der Waals surface area contributed by atoms with Crippen molar-refractivity contribution in [2.45, 2.75) is 30.8 Å². The van der Waals surface area contributed by atoms with Gasteiger partial charge in [-0.3, -0.25) is 0 Å². The third-order valence-electron chi connectivity index (χ3n) is 6.18. The Kier molecular flexibility index (Phi) is 3.49. The first-order chi connectivity index (χ1) is 12.6. The van der Waals surface area contributed by atoms with E-state index in [1.54, 1.807) is 6.08 Å². The quantitative estimate of drug-likeness (QED) is 0.569. The van der Waals surface area contributed by atoms with Crippen LogP contribution in [0.3, 0.4) is 0 Å². The molecule has 1 saturated carbocycles. The highest BCUT2D eigenvalue weighted by atomic mass is 19.2. The number of benzene rings is 2. The van der Waals surface area contributed by atoms with Gasteiger partial charge in [-0.2, -0.15) is 0 Å². The fourth-order valence-electron chi connectivity index (χ4n) is 4.81. The smallest absolute Gasteiger partial charge is 0.146 e. The zero-order chi connectivity index (χ0) is 17.7. The van der Waals surface area contributed by atoms with Gasteiger partial charge in [-0.15, -0.1) is 0 Å². The molecule has 1 fully saturated rings. The van der Waals surface area contributed by atoms with Crippen LogP contribution < -0.4 is 0 Å². The summed E-state index contributed by atoms with van der Waals surface area (Å²) >= 11 is 0. The molecule has 2 aromatic carbocycles. The van der Waals surface area contributed by atoms with Gasteiger partial charge in [0.05, 0.1) is 5.92 Å². The van der Waals surface area contributed by atoms with E-state index in [0.29, 0.717) is 12.8 Å². The fourth-order valence-corrected chi connectivity index (χ4v) is 4.81. The molecule has 2 aromatic rings. The van der Waals surface area contributed by atoms with Crippen LogP contribution in [0.15, 0.2) is 89.8 Å². The van der Waals surface area contributed by atoms with E-state index in [9.17, 15) is 4.39 Å². The maximum atomic E-state index is 15.9. The summed E-state index contributed by atoms with van der Waals surface area (Å²) in [4.78, 5) is 0. The summed E-state index contributed by atoms with van der Waals surface area (Å²) < 4.78 is 30.1. The molecule has 0 aliphatic heterocycles. The lowest BCUT2D eigenvalue weighted by molar-refractivity contribution is 0.102. The molecule has 3 unspecified atom stereocenters. The molecule has 0 spiro atoms. The number of allylic oxidation sites excluding steroid dienone is 6. The lowest BCUT2D eigenvalue weighted by atomic mass is 9.62. The Balaban J connectivity index is 1.43. The van der Waals surface area contributed by atoms with Gasteiger partial charge in [0.25, 0.3) is 0 Å². The van der Waals surface area contributed by atoms with Crippen LogP contribution in [-0.4, -0.2) is 5.67 Å². The van der Waals surface area contributed by atoms with Gasteiger partial charge in [-0.1, -0.05) is 66.7 Å². The Bertz CT molecular complexity index is 934. The number of hydrogen-bond donors (Lipinski definition) is 0. The van der Waals surface area contributed by atoms with E-state index in [0.717, 1.165) is 28.7 Å². The molecule has 0 amide bonds. The summed E-state index contributed by atoms with van der Waals surface area (Å²) in [5.74, 6) is -0.926. The van der Waals surface area contributed by atoms with E-state index in [-0.39, 0.29) is 11.7 Å². The monoisotopic (exact) mass is 346 g/mol. The summed E-state index contributed by atoms with van der Waals surface area (Å²) in [6, 6.07) is 18.7. The molecule has 0 saturated heterocycles. The van der Waals surface area contributed by atoms with Crippen LogP contribution in [0.2, 0.25) is 0 Å². The van der Waals surface area contributed by atoms with Crippen molar-refractivity contribution in [3.05, 3.63) is 95.4 Å². The van der Waals surface area contributed by atoms with Crippen LogP contribution in [0.4, 0.5) is 8.78 Å². The fraction of sp³-hybridized carbons (Fsp3) is 0.250. The van der Waals surface area contributed by atoms with E-state index in [1.165, 1.54) is 11.6 Å². The van der Waals surface area contributed by atoms with E-state index in [4.69, 9.17) is 0 Å². The Morgan fingerprint density at radius 2 is 1.65 bits per heavy atom. The topological polar surface area (TPSA) is 0 Å². The molecule has 4 aliphatic rings. The minimum atomic E-state index is -1.55. The zero-order valence-corrected chi connectivity index (χ0v) is 14.5. The van der Waals surface area contributed by atoms with Gasteiger partial charge < -0.3 is 0 Å². The van der Waals surface area contributed by atoms with Crippen LogP contribution in [0.5, 0.6) is 0 Å². The second-order valence-corrected chi connectivity index (χ2v) is 7.59. The van der Waals surface area contributed by atoms with Crippen LogP contribution in [-0.2, 0) is 0 Å². The standard InChI is InChI=1S/C24H20F2/c25-23-14-19-10-13-22(23)24(26)15-20(11-12-21(19)24)18-8-6-17(7-9-18)16-4-2-1-3-5-16/h1-10,13-14,20,22H,11-12,15H2. The van der Waals surface area contributed by atoms with Gasteiger partial charge in [0.2, 0.25) is 0 Å². The molecule has 0 N–H and O–H groups in total. The Morgan fingerprint density at radius 3 is 2.38 bits per heavy atom. The number of rotatable bonds is 2. The van der Waals surface area contributed by atoms with E-state index in [2.05, 4.69) is 36.4 Å². The SMILES string of the molecule is FC1=CC2=C3CCC(c4ccc(-c5ccccc5)cc4)CC3(F)C1C=C2. The Labute approximate surface area is 152 Å². The largest absolute Gasteiger partial charge is 0.238 e. The molecule has 0 aromatic heterocycles. The maximum absolute atomic E-state index is 15.9. The number of alkyl halides is 1. The van der Waals surface area contributed by atoms with E-state index in [1.807, 2.05) is 24.3 Å². The molecule has 0 heterocycles. The van der Waals surface area contributed by atoms with Crippen molar-refractivity contribution in [2.75, 3.05) is 0 Å².